The summed E-state index contributed by atoms with van der Waals surface area (Å²) in [4.78, 5) is 36.7. The second-order valence-electron chi connectivity index (χ2n) is 6.52. The molecule has 0 bridgehead atoms. The molecule has 2 aromatic carbocycles. The first-order valence-electron chi connectivity index (χ1n) is 8.84. The molecule has 2 N–H and O–H groups in total. The molecule has 1 atom stereocenters. The van der Waals surface area contributed by atoms with Gasteiger partial charge in [0.15, 0.2) is 6.61 Å². The molecule has 0 aliphatic heterocycles. The zero-order chi connectivity index (χ0) is 21.4. The monoisotopic (exact) mass is 397 g/mol. The highest BCUT2D eigenvalue weighted by molar-refractivity contribution is 5.97. The molecular weight excluding hydrogens is 377 g/mol. The average molecular weight is 397 g/mol. The molecular formula is C21H20FN3O4. The van der Waals surface area contributed by atoms with Gasteiger partial charge in [0.05, 0.1) is 11.3 Å². The van der Waals surface area contributed by atoms with E-state index in [0.717, 1.165) is 12.1 Å². The Bertz CT molecular complexity index is 936. The molecule has 0 fully saturated rings. The van der Waals surface area contributed by atoms with Crippen molar-refractivity contribution in [2.75, 3.05) is 11.9 Å². The van der Waals surface area contributed by atoms with Crippen LogP contribution in [0.1, 0.15) is 29.8 Å². The highest BCUT2D eigenvalue weighted by atomic mass is 19.1. The van der Waals surface area contributed by atoms with E-state index in [1.165, 1.54) is 12.1 Å². The minimum atomic E-state index is -0.994. The van der Waals surface area contributed by atoms with Gasteiger partial charge in [-0.3, -0.25) is 9.59 Å². The van der Waals surface area contributed by atoms with Crippen molar-refractivity contribution in [3.63, 3.8) is 0 Å². The highest BCUT2D eigenvalue weighted by Crippen LogP contribution is 2.13. The summed E-state index contributed by atoms with van der Waals surface area (Å²) in [5.74, 6) is -2.75. The number of ether oxygens (including phenoxy) is 1. The molecule has 0 unspecified atom stereocenters. The highest BCUT2D eigenvalue weighted by Gasteiger charge is 2.27. The summed E-state index contributed by atoms with van der Waals surface area (Å²) in [6, 6.07) is 12.2. The SMILES string of the molecule is CC(C)[C@H](NC(=O)c1ccc(F)cc1)C(=O)OCC(=O)Nc1ccccc1C#N. The summed E-state index contributed by atoms with van der Waals surface area (Å²) in [5.41, 5.74) is 0.774. The fourth-order valence-corrected chi connectivity index (χ4v) is 2.43. The minimum absolute atomic E-state index is 0.190. The number of nitriles is 1. The number of hydrogen-bond acceptors (Lipinski definition) is 5. The molecule has 0 saturated carbocycles. The lowest BCUT2D eigenvalue weighted by atomic mass is 10.0. The summed E-state index contributed by atoms with van der Waals surface area (Å²) in [6.07, 6.45) is 0. The molecule has 0 spiro atoms. The van der Waals surface area contributed by atoms with E-state index in [1.54, 1.807) is 38.1 Å². The molecule has 2 amide bonds. The fourth-order valence-electron chi connectivity index (χ4n) is 2.43. The smallest absolute Gasteiger partial charge is 0.329 e. The molecule has 0 aliphatic rings. The van der Waals surface area contributed by atoms with Gasteiger partial charge in [0.2, 0.25) is 0 Å². The van der Waals surface area contributed by atoms with Gasteiger partial charge in [0.1, 0.15) is 17.9 Å². The molecule has 7 nitrogen and oxygen atoms in total. The number of benzene rings is 2. The Kier molecular flexibility index (Phi) is 7.43. The molecule has 0 aromatic heterocycles. The van der Waals surface area contributed by atoms with Gasteiger partial charge in [-0.2, -0.15) is 5.26 Å². The van der Waals surface area contributed by atoms with Gasteiger partial charge < -0.3 is 15.4 Å². The first kappa shape index (κ1) is 21.6. The zero-order valence-corrected chi connectivity index (χ0v) is 15.9. The minimum Gasteiger partial charge on any atom is -0.454 e. The Balaban J connectivity index is 1.95. The number of nitrogens with one attached hydrogen (secondary N) is 2. The maximum Gasteiger partial charge on any atom is 0.329 e. The maximum absolute atomic E-state index is 13.0. The van der Waals surface area contributed by atoms with Crippen molar-refractivity contribution in [3.05, 3.63) is 65.5 Å². The van der Waals surface area contributed by atoms with Crippen LogP contribution in [0.4, 0.5) is 10.1 Å². The summed E-state index contributed by atoms with van der Waals surface area (Å²) in [6.45, 7) is 2.84. The standard InChI is InChI=1S/C21H20FN3O4/c1-13(2)19(25-20(27)14-7-9-16(22)10-8-14)21(28)29-12-18(26)24-17-6-4-3-5-15(17)11-23/h3-10,13,19H,12H2,1-2H3,(H,24,26)(H,25,27)/t19-/m0/s1. The molecule has 8 heteroatoms. The van der Waals surface area contributed by atoms with Crippen LogP contribution in [-0.2, 0) is 14.3 Å². The zero-order valence-electron chi connectivity index (χ0n) is 15.9. The van der Waals surface area contributed by atoms with Crippen LogP contribution in [0.3, 0.4) is 0 Å². The molecule has 150 valence electrons. The van der Waals surface area contributed by atoms with Crippen molar-refractivity contribution in [1.82, 2.24) is 5.32 Å². The van der Waals surface area contributed by atoms with E-state index in [-0.39, 0.29) is 17.0 Å². The Morgan fingerprint density at radius 3 is 2.38 bits per heavy atom. The van der Waals surface area contributed by atoms with Crippen LogP contribution in [0.15, 0.2) is 48.5 Å². The number of rotatable bonds is 7. The number of para-hydroxylation sites is 1. The van der Waals surface area contributed by atoms with Crippen molar-refractivity contribution >= 4 is 23.5 Å². The van der Waals surface area contributed by atoms with Crippen LogP contribution in [0, 0.1) is 23.1 Å². The van der Waals surface area contributed by atoms with E-state index in [1.807, 2.05) is 6.07 Å². The fraction of sp³-hybridized carbons (Fsp3) is 0.238. The third-order valence-corrected chi connectivity index (χ3v) is 3.98. The molecule has 0 heterocycles. The Morgan fingerprint density at radius 2 is 1.76 bits per heavy atom. The molecule has 29 heavy (non-hydrogen) atoms. The Hall–Kier alpha value is -3.73. The van der Waals surface area contributed by atoms with E-state index in [4.69, 9.17) is 10.00 Å². The molecule has 2 aromatic rings. The molecule has 0 radical (unpaired) electrons. The maximum atomic E-state index is 13.0. The van der Waals surface area contributed by atoms with Crippen LogP contribution in [0.2, 0.25) is 0 Å². The number of carbonyl (C=O) groups excluding carboxylic acids is 3. The summed E-state index contributed by atoms with van der Waals surface area (Å²) in [5, 5.41) is 14.1. The predicted molar refractivity (Wildman–Crippen MR) is 103 cm³/mol. The van der Waals surface area contributed by atoms with E-state index in [9.17, 15) is 18.8 Å². The number of nitrogens with zero attached hydrogens (tertiary/aromatic N) is 1. The van der Waals surface area contributed by atoms with Crippen LogP contribution in [0.5, 0.6) is 0 Å². The van der Waals surface area contributed by atoms with Crippen molar-refractivity contribution in [2.45, 2.75) is 19.9 Å². The lowest BCUT2D eigenvalue weighted by Crippen LogP contribution is -2.45. The van der Waals surface area contributed by atoms with Crippen molar-refractivity contribution in [3.8, 4) is 6.07 Å². The average Bonchev–Trinajstić information content (AvgIpc) is 2.70. The van der Waals surface area contributed by atoms with E-state index < -0.39 is 36.2 Å². The van der Waals surface area contributed by atoms with Gasteiger partial charge in [0, 0.05) is 5.56 Å². The Labute approximate surface area is 167 Å². The van der Waals surface area contributed by atoms with Gasteiger partial charge in [-0.25, -0.2) is 9.18 Å². The van der Waals surface area contributed by atoms with Gasteiger partial charge in [-0.15, -0.1) is 0 Å². The largest absolute Gasteiger partial charge is 0.454 e. The Morgan fingerprint density at radius 1 is 1.10 bits per heavy atom. The van der Waals surface area contributed by atoms with Crippen LogP contribution < -0.4 is 10.6 Å². The van der Waals surface area contributed by atoms with E-state index in [2.05, 4.69) is 10.6 Å². The van der Waals surface area contributed by atoms with Gasteiger partial charge >= 0.3 is 5.97 Å². The van der Waals surface area contributed by atoms with Gasteiger partial charge in [-0.05, 0) is 42.3 Å². The number of esters is 1. The number of carbonyl (C=O) groups is 3. The quantitative estimate of drug-likeness (QED) is 0.698. The number of hydrogen-bond donors (Lipinski definition) is 2. The van der Waals surface area contributed by atoms with Gasteiger partial charge in [0.25, 0.3) is 11.8 Å². The third kappa shape index (κ3) is 6.14. The predicted octanol–water partition coefficient (Wildman–Crippen LogP) is 2.63. The van der Waals surface area contributed by atoms with Crippen molar-refractivity contribution < 1.29 is 23.5 Å². The number of amides is 2. The first-order valence-corrected chi connectivity index (χ1v) is 8.84. The molecule has 0 aliphatic carbocycles. The third-order valence-electron chi connectivity index (χ3n) is 3.98. The number of anilines is 1. The molecule has 0 saturated heterocycles. The van der Waals surface area contributed by atoms with Crippen molar-refractivity contribution in [2.24, 2.45) is 5.92 Å². The second-order valence-corrected chi connectivity index (χ2v) is 6.52. The number of halogens is 1. The second kappa shape index (κ2) is 9.99. The topological polar surface area (TPSA) is 108 Å². The van der Waals surface area contributed by atoms with E-state index >= 15 is 0 Å². The van der Waals surface area contributed by atoms with Crippen molar-refractivity contribution in [1.29, 1.82) is 5.26 Å². The van der Waals surface area contributed by atoms with E-state index in [0.29, 0.717) is 5.69 Å². The normalized spacial score (nSPS) is 11.3. The van der Waals surface area contributed by atoms with Gasteiger partial charge in [-0.1, -0.05) is 26.0 Å². The first-order chi connectivity index (χ1) is 13.8. The van der Waals surface area contributed by atoms with Crippen LogP contribution >= 0.6 is 0 Å². The lowest BCUT2D eigenvalue weighted by molar-refractivity contribution is -0.150. The van der Waals surface area contributed by atoms with Crippen LogP contribution in [-0.4, -0.2) is 30.4 Å². The van der Waals surface area contributed by atoms with Crippen LogP contribution in [0.25, 0.3) is 0 Å². The molecule has 2 rings (SSSR count). The summed E-state index contributed by atoms with van der Waals surface area (Å²) < 4.78 is 18.0. The summed E-state index contributed by atoms with van der Waals surface area (Å²) in [7, 11) is 0. The lowest BCUT2D eigenvalue weighted by Gasteiger charge is -2.20. The summed E-state index contributed by atoms with van der Waals surface area (Å²) >= 11 is 0.